The van der Waals surface area contributed by atoms with Crippen LogP contribution in [0.2, 0.25) is 0 Å². The number of ether oxygens (including phenoxy) is 1. The fraction of sp³-hybridized carbons (Fsp3) is 0.417. The first kappa shape index (κ1) is 24.6. The zero-order chi connectivity index (χ0) is 24.0. The summed E-state index contributed by atoms with van der Waals surface area (Å²) in [5, 5.41) is 10.2. The zero-order valence-corrected chi connectivity index (χ0v) is 18.3. The molecule has 0 spiro atoms. The molecular weight excluding hydrogens is 437 g/mol. The topological polar surface area (TPSA) is 78.9 Å². The first-order valence-electron chi connectivity index (χ1n) is 10.8. The van der Waals surface area contributed by atoms with E-state index < -0.39 is 12.1 Å². The monoisotopic (exact) mass is 464 g/mol. The van der Waals surface area contributed by atoms with E-state index in [2.05, 4.69) is 22.3 Å². The largest absolute Gasteiger partial charge is 0.497 e. The number of benzene rings is 2. The highest BCUT2D eigenvalue weighted by molar-refractivity contribution is 6.04. The summed E-state index contributed by atoms with van der Waals surface area (Å²) in [7, 11) is 1.62. The fourth-order valence-corrected chi connectivity index (χ4v) is 3.88. The lowest BCUT2D eigenvalue weighted by Gasteiger charge is -2.36. The predicted molar refractivity (Wildman–Crippen MR) is 118 cm³/mol. The first-order valence-corrected chi connectivity index (χ1v) is 10.8. The lowest BCUT2D eigenvalue weighted by Crippen LogP contribution is -2.41. The number of anilines is 1. The average molecular weight is 464 g/mol. The number of carbonyl (C=O) groups is 2. The van der Waals surface area contributed by atoms with Crippen molar-refractivity contribution in [3.63, 3.8) is 0 Å². The molecule has 0 aromatic heterocycles. The van der Waals surface area contributed by atoms with Crippen LogP contribution in [0.5, 0.6) is 5.75 Å². The maximum absolute atomic E-state index is 12.5. The number of nitrogens with one attached hydrogen (secondary N) is 1. The molecule has 2 N–H and O–H groups in total. The summed E-state index contributed by atoms with van der Waals surface area (Å²) in [5.74, 6) is -2.09. The Morgan fingerprint density at radius 2 is 1.64 bits per heavy atom. The molecule has 2 aromatic rings. The molecule has 2 aliphatic rings. The Kier molecular flexibility index (Phi) is 7.97. The third kappa shape index (κ3) is 6.71. The second-order valence-corrected chi connectivity index (χ2v) is 8.09. The number of halogens is 3. The Hall–Kier alpha value is -3.07. The molecule has 0 unspecified atom stereocenters. The van der Waals surface area contributed by atoms with Gasteiger partial charge in [0, 0.05) is 30.4 Å². The number of amides is 1. The smallest absolute Gasteiger partial charge is 0.490 e. The van der Waals surface area contributed by atoms with Gasteiger partial charge in [-0.2, -0.15) is 13.2 Å². The summed E-state index contributed by atoms with van der Waals surface area (Å²) >= 11 is 0. The Labute approximate surface area is 190 Å². The van der Waals surface area contributed by atoms with Crippen molar-refractivity contribution in [2.24, 2.45) is 0 Å². The van der Waals surface area contributed by atoms with Crippen LogP contribution in [0.1, 0.15) is 40.7 Å². The summed E-state index contributed by atoms with van der Waals surface area (Å²) in [4.78, 5) is 24.0. The van der Waals surface area contributed by atoms with Crippen LogP contribution in [0.4, 0.5) is 18.9 Å². The molecule has 1 fully saturated rings. The van der Waals surface area contributed by atoms with E-state index in [1.807, 2.05) is 6.07 Å². The standard InChI is InChI=1S/C22H26N2O2.C2HF3O2/c1-26-21-9-6-17(7-10-21)22(25)23-19-8-5-16-11-13-24(20-3-2-4-20)14-12-18(16)15-19;3-2(4,5)1(6)7/h5-10,15,20H,2-4,11-14H2,1H3,(H,23,25);(H,6,7). The van der Waals surface area contributed by atoms with E-state index in [0.29, 0.717) is 5.56 Å². The number of carboxylic acid groups (broad SMARTS) is 1. The molecule has 9 heteroatoms. The van der Waals surface area contributed by atoms with E-state index in [4.69, 9.17) is 14.6 Å². The molecule has 1 amide bonds. The van der Waals surface area contributed by atoms with E-state index in [1.54, 1.807) is 31.4 Å². The number of hydrogen-bond donors (Lipinski definition) is 2. The van der Waals surface area contributed by atoms with E-state index in [9.17, 15) is 18.0 Å². The number of hydrogen-bond acceptors (Lipinski definition) is 4. The Morgan fingerprint density at radius 3 is 2.15 bits per heavy atom. The van der Waals surface area contributed by atoms with Gasteiger partial charge in [-0.15, -0.1) is 0 Å². The number of nitrogens with zero attached hydrogens (tertiary/aromatic N) is 1. The van der Waals surface area contributed by atoms with E-state index >= 15 is 0 Å². The van der Waals surface area contributed by atoms with Crippen molar-refractivity contribution in [1.82, 2.24) is 4.90 Å². The number of methoxy groups -OCH3 is 1. The Balaban J connectivity index is 0.000000383. The van der Waals surface area contributed by atoms with Crippen LogP contribution in [0.15, 0.2) is 42.5 Å². The fourth-order valence-electron chi connectivity index (χ4n) is 3.88. The van der Waals surface area contributed by atoms with Gasteiger partial charge in [-0.1, -0.05) is 12.5 Å². The highest BCUT2D eigenvalue weighted by Crippen LogP contribution is 2.28. The van der Waals surface area contributed by atoms with Gasteiger partial charge in [0.2, 0.25) is 0 Å². The molecule has 6 nitrogen and oxygen atoms in total. The third-order valence-electron chi connectivity index (χ3n) is 5.99. The average Bonchev–Trinajstić information content (AvgIpc) is 2.95. The van der Waals surface area contributed by atoms with Crippen LogP contribution >= 0.6 is 0 Å². The molecular formula is C24H27F3N2O4. The molecule has 0 saturated heterocycles. The van der Waals surface area contributed by atoms with Gasteiger partial charge >= 0.3 is 12.1 Å². The number of carbonyl (C=O) groups excluding carboxylic acids is 1. The summed E-state index contributed by atoms with van der Waals surface area (Å²) in [6, 6.07) is 14.4. The highest BCUT2D eigenvalue weighted by atomic mass is 19.4. The van der Waals surface area contributed by atoms with Gasteiger partial charge in [0.05, 0.1) is 7.11 Å². The van der Waals surface area contributed by atoms with Crippen LogP contribution in [-0.2, 0) is 17.6 Å². The minimum atomic E-state index is -5.08. The lowest BCUT2D eigenvalue weighted by atomic mass is 9.91. The van der Waals surface area contributed by atoms with E-state index in [0.717, 1.165) is 43.4 Å². The van der Waals surface area contributed by atoms with E-state index in [-0.39, 0.29) is 5.91 Å². The summed E-state index contributed by atoms with van der Waals surface area (Å²) < 4.78 is 36.9. The zero-order valence-electron chi connectivity index (χ0n) is 18.3. The van der Waals surface area contributed by atoms with Crippen molar-refractivity contribution in [2.45, 2.75) is 44.3 Å². The lowest BCUT2D eigenvalue weighted by molar-refractivity contribution is -0.192. The van der Waals surface area contributed by atoms with Crippen molar-refractivity contribution in [3.05, 3.63) is 59.2 Å². The normalized spacial score (nSPS) is 16.4. The maximum Gasteiger partial charge on any atom is 0.490 e. The Morgan fingerprint density at radius 1 is 1.03 bits per heavy atom. The number of rotatable bonds is 4. The van der Waals surface area contributed by atoms with E-state index in [1.165, 1.54) is 30.4 Å². The van der Waals surface area contributed by atoms with Crippen LogP contribution in [-0.4, -0.2) is 54.3 Å². The third-order valence-corrected chi connectivity index (χ3v) is 5.99. The summed E-state index contributed by atoms with van der Waals surface area (Å²) in [6.07, 6.45) is 1.20. The minimum absolute atomic E-state index is 0.0858. The van der Waals surface area contributed by atoms with Crippen molar-refractivity contribution in [1.29, 1.82) is 0 Å². The second kappa shape index (κ2) is 10.7. The van der Waals surface area contributed by atoms with Crippen LogP contribution < -0.4 is 10.1 Å². The first-order chi connectivity index (χ1) is 15.7. The van der Waals surface area contributed by atoms with Crippen molar-refractivity contribution < 1.29 is 32.6 Å². The Bertz CT molecular complexity index is 973. The number of aliphatic carboxylic acids is 1. The SMILES string of the molecule is COc1ccc(C(=O)Nc2ccc3c(c2)CCN(C2CCC2)CC3)cc1.O=C(O)C(F)(F)F. The van der Waals surface area contributed by atoms with Crippen LogP contribution in [0, 0.1) is 0 Å². The van der Waals surface area contributed by atoms with Gasteiger partial charge in [0.25, 0.3) is 5.91 Å². The molecule has 33 heavy (non-hydrogen) atoms. The van der Waals surface area contributed by atoms with Crippen LogP contribution in [0.25, 0.3) is 0 Å². The summed E-state index contributed by atoms with van der Waals surface area (Å²) in [5.41, 5.74) is 4.31. The van der Waals surface area contributed by atoms with Crippen molar-refractivity contribution in [3.8, 4) is 5.75 Å². The second-order valence-electron chi connectivity index (χ2n) is 8.09. The molecule has 2 aromatic carbocycles. The molecule has 0 bridgehead atoms. The minimum Gasteiger partial charge on any atom is -0.497 e. The highest BCUT2D eigenvalue weighted by Gasteiger charge is 2.38. The number of carboxylic acids is 1. The number of fused-ring (bicyclic) bond motifs is 1. The molecule has 178 valence electrons. The molecule has 1 heterocycles. The quantitative estimate of drug-likeness (QED) is 0.695. The molecule has 1 saturated carbocycles. The van der Waals surface area contributed by atoms with Gasteiger partial charge in [-0.25, -0.2) is 4.79 Å². The summed E-state index contributed by atoms with van der Waals surface area (Å²) in [6.45, 7) is 2.29. The molecule has 4 rings (SSSR count). The van der Waals surface area contributed by atoms with Gasteiger partial charge in [0.1, 0.15) is 5.75 Å². The van der Waals surface area contributed by atoms with Gasteiger partial charge in [-0.05, 0) is 73.2 Å². The van der Waals surface area contributed by atoms with Gasteiger partial charge < -0.3 is 15.2 Å². The number of alkyl halides is 3. The molecule has 1 aliphatic heterocycles. The van der Waals surface area contributed by atoms with Crippen molar-refractivity contribution in [2.75, 3.05) is 25.5 Å². The predicted octanol–water partition coefficient (Wildman–Crippen LogP) is 4.53. The van der Waals surface area contributed by atoms with Crippen molar-refractivity contribution >= 4 is 17.6 Å². The molecule has 0 atom stereocenters. The molecule has 1 aliphatic carbocycles. The molecule has 0 radical (unpaired) electrons. The maximum atomic E-state index is 12.5. The van der Waals surface area contributed by atoms with Gasteiger partial charge in [0.15, 0.2) is 0 Å². The van der Waals surface area contributed by atoms with Crippen LogP contribution in [0.3, 0.4) is 0 Å². The van der Waals surface area contributed by atoms with Gasteiger partial charge in [-0.3, -0.25) is 9.69 Å².